The first-order valence-corrected chi connectivity index (χ1v) is 6.20. The van der Waals surface area contributed by atoms with Gasteiger partial charge in [-0.05, 0) is 26.8 Å². The van der Waals surface area contributed by atoms with Crippen LogP contribution in [0.3, 0.4) is 0 Å². The Morgan fingerprint density at radius 3 is 2.48 bits per heavy atom. The maximum absolute atomic E-state index is 12.7. The van der Waals surface area contributed by atoms with Crippen LogP contribution in [0.4, 0.5) is 23.6 Å². The third-order valence-electron chi connectivity index (χ3n) is 2.68. The highest BCUT2D eigenvalue weighted by atomic mass is 19.4. The van der Waals surface area contributed by atoms with E-state index in [1.54, 1.807) is 20.8 Å². The molecule has 0 bridgehead atoms. The molecule has 0 unspecified atom stereocenters. The summed E-state index contributed by atoms with van der Waals surface area (Å²) in [7, 11) is 0. The number of fused-ring (bicyclic) bond motifs is 1. The monoisotopic (exact) mass is 300 g/mol. The molecule has 5 nitrogen and oxygen atoms in total. The van der Waals surface area contributed by atoms with Crippen molar-refractivity contribution in [3.05, 3.63) is 18.2 Å². The number of anilines is 1. The van der Waals surface area contributed by atoms with Gasteiger partial charge in [0.15, 0.2) is 5.82 Å². The van der Waals surface area contributed by atoms with Crippen LogP contribution in [0.5, 0.6) is 0 Å². The van der Waals surface area contributed by atoms with Crippen molar-refractivity contribution in [2.75, 3.05) is 5.73 Å². The number of ether oxygens (including phenoxy) is 1. The van der Waals surface area contributed by atoms with Gasteiger partial charge in [0, 0.05) is 5.39 Å². The van der Waals surface area contributed by atoms with E-state index in [4.69, 9.17) is 10.5 Å². The summed E-state index contributed by atoms with van der Waals surface area (Å²) < 4.78 is 44.2. The topological polar surface area (TPSA) is 70.1 Å². The molecule has 114 valence electrons. The molecule has 9 heteroatoms. The zero-order valence-electron chi connectivity index (χ0n) is 11.7. The summed E-state index contributed by atoms with van der Waals surface area (Å²) in [6, 6.07) is 2.94. The molecule has 2 aromatic rings. The van der Waals surface area contributed by atoms with Crippen molar-refractivity contribution in [3.8, 4) is 0 Å². The molecule has 0 amide bonds. The fourth-order valence-electron chi connectivity index (χ4n) is 1.81. The van der Waals surface area contributed by atoms with Crippen molar-refractivity contribution < 1.29 is 22.5 Å². The molecule has 0 aliphatic carbocycles. The van der Waals surface area contributed by atoms with Crippen molar-refractivity contribution in [1.82, 2.24) is 9.78 Å². The van der Waals surface area contributed by atoms with Crippen molar-refractivity contribution in [2.45, 2.75) is 26.4 Å². The summed E-state index contributed by atoms with van der Waals surface area (Å²) in [5, 5.41) is 3.82. The summed E-state index contributed by atoms with van der Waals surface area (Å²) in [5.74, 6) is -0.155. The first kappa shape index (κ1) is 15.2. The average molecular weight is 300 g/mol. The number of carbonyl (C=O) groups excluding carboxylic acids is 1. The highest BCUT2D eigenvalue weighted by Gasteiger charge is 2.27. The van der Waals surface area contributed by atoms with Crippen molar-refractivity contribution in [1.29, 1.82) is 0 Å². The highest BCUT2D eigenvalue weighted by Crippen LogP contribution is 2.22. The van der Waals surface area contributed by atoms with E-state index in [2.05, 4.69) is 5.10 Å². The summed E-state index contributed by atoms with van der Waals surface area (Å²) in [6.45, 7) is -0.130. The van der Waals surface area contributed by atoms with Gasteiger partial charge in [0.1, 0.15) is 5.60 Å². The normalized spacial score (nSPS) is 12.7. The molecule has 0 saturated carbocycles. The Bertz CT molecular complexity index is 704. The van der Waals surface area contributed by atoms with Gasteiger partial charge in [0.2, 0.25) is 0 Å². The molecule has 2 rings (SSSR count). The van der Waals surface area contributed by atoms with Gasteiger partial charge in [0.25, 0.3) is 0 Å². The van der Waals surface area contributed by atoms with Crippen LogP contribution in [0.15, 0.2) is 18.2 Å². The molecule has 0 aliphatic heterocycles. The Balaban J connectivity index is 2.52. The van der Waals surface area contributed by atoms with E-state index in [1.807, 2.05) is 0 Å². The second kappa shape index (κ2) is 4.68. The second-order valence-corrected chi connectivity index (χ2v) is 5.63. The fourth-order valence-corrected chi connectivity index (χ4v) is 1.81. The Morgan fingerprint density at radius 2 is 1.95 bits per heavy atom. The molecule has 1 aromatic heterocycles. The lowest BCUT2D eigenvalue weighted by atomic mass is 9.80. The molecule has 1 aromatic carbocycles. The predicted molar refractivity (Wildman–Crippen MR) is 74.5 cm³/mol. The Labute approximate surface area is 118 Å². The van der Waals surface area contributed by atoms with Crippen molar-refractivity contribution >= 4 is 35.3 Å². The highest BCUT2D eigenvalue weighted by molar-refractivity contribution is 6.73. The predicted octanol–water partition coefficient (Wildman–Crippen LogP) is 2.46. The van der Waals surface area contributed by atoms with Crippen molar-refractivity contribution in [3.63, 3.8) is 0 Å². The van der Waals surface area contributed by atoms with Gasteiger partial charge in [-0.1, -0.05) is 12.1 Å². The molecular formula is C12H14BF3N3O2-. The largest absolute Gasteiger partial charge is 0.509 e. The van der Waals surface area contributed by atoms with E-state index in [0.29, 0.717) is 0 Å². The molecule has 0 spiro atoms. The SMILES string of the molecule is CC(C)(C)OC(=O)n1nc(N)c2cc([B-](F)(F)F)ccc21. The number of halogens is 3. The Kier molecular flexibility index (Phi) is 3.39. The molecule has 0 aliphatic rings. The van der Waals surface area contributed by atoms with E-state index in [-0.39, 0.29) is 16.7 Å². The number of hydrogen-bond acceptors (Lipinski definition) is 4. The lowest BCUT2D eigenvalue weighted by Crippen LogP contribution is -2.33. The number of hydrogen-bond donors (Lipinski definition) is 1. The first-order chi connectivity index (χ1) is 9.49. The zero-order valence-corrected chi connectivity index (χ0v) is 11.7. The number of benzene rings is 1. The lowest BCUT2D eigenvalue weighted by Gasteiger charge is -2.19. The van der Waals surface area contributed by atoms with Crippen LogP contribution in [-0.2, 0) is 4.74 Å². The van der Waals surface area contributed by atoms with Gasteiger partial charge in [-0.15, -0.1) is 10.6 Å². The number of nitrogens with two attached hydrogens (primary N) is 1. The van der Waals surface area contributed by atoms with Gasteiger partial charge < -0.3 is 23.4 Å². The smallest absolute Gasteiger partial charge is 0.445 e. The summed E-state index contributed by atoms with van der Waals surface area (Å²) >= 11 is 0. The standard InChI is InChI=1S/C12H14BF3N3O2/c1-12(2,3)21-11(20)19-9-5-4-7(13(14,15)16)6-8(9)10(17)18-19/h4-6H,1-3H3,(H2,17,18)/q-1. The van der Waals surface area contributed by atoms with E-state index in [0.717, 1.165) is 22.9 Å². The third kappa shape index (κ3) is 3.12. The maximum Gasteiger partial charge on any atom is 0.509 e. The minimum atomic E-state index is -5.14. The molecule has 21 heavy (non-hydrogen) atoms. The molecule has 2 N–H and O–H groups in total. The number of rotatable bonds is 1. The Morgan fingerprint density at radius 1 is 1.33 bits per heavy atom. The van der Waals surface area contributed by atoms with E-state index >= 15 is 0 Å². The molecule has 0 saturated heterocycles. The number of nitrogens with zero attached hydrogens (tertiary/aromatic N) is 2. The average Bonchev–Trinajstić information content (AvgIpc) is 2.63. The minimum Gasteiger partial charge on any atom is -0.445 e. The fraction of sp³-hybridized carbons (Fsp3) is 0.333. The molecule has 0 fully saturated rings. The maximum atomic E-state index is 12.7. The third-order valence-corrected chi connectivity index (χ3v) is 2.68. The van der Waals surface area contributed by atoms with Crippen LogP contribution < -0.4 is 11.2 Å². The molecule has 1 heterocycles. The first-order valence-electron chi connectivity index (χ1n) is 6.20. The zero-order chi connectivity index (χ0) is 16.0. The summed E-state index contributed by atoms with van der Waals surface area (Å²) in [4.78, 5) is 12.0. The van der Waals surface area contributed by atoms with Crippen LogP contribution in [0, 0.1) is 0 Å². The van der Waals surface area contributed by atoms with Gasteiger partial charge in [0.05, 0.1) is 5.52 Å². The Hall–Kier alpha value is -2.19. The second-order valence-electron chi connectivity index (χ2n) is 5.63. The van der Waals surface area contributed by atoms with Gasteiger partial charge in [-0.25, -0.2) is 4.79 Å². The number of carbonyl (C=O) groups is 1. The van der Waals surface area contributed by atoms with E-state index in [9.17, 15) is 17.7 Å². The van der Waals surface area contributed by atoms with E-state index < -0.39 is 24.1 Å². The van der Waals surface area contributed by atoms with Crippen molar-refractivity contribution in [2.24, 2.45) is 0 Å². The van der Waals surface area contributed by atoms with E-state index in [1.165, 1.54) is 0 Å². The molecular weight excluding hydrogens is 286 g/mol. The van der Waals surface area contributed by atoms with Crippen LogP contribution in [0.1, 0.15) is 20.8 Å². The number of nitrogen functional groups attached to an aromatic ring is 1. The minimum absolute atomic E-state index is 0.0672. The molecule has 0 radical (unpaired) electrons. The summed E-state index contributed by atoms with van der Waals surface area (Å²) in [5.41, 5.74) is 4.22. The number of aromatic nitrogens is 2. The van der Waals surface area contributed by atoms with Crippen LogP contribution in [0.25, 0.3) is 10.9 Å². The lowest BCUT2D eigenvalue weighted by molar-refractivity contribution is 0.0523. The van der Waals surface area contributed by atoms with Crippen LogP contribution in [0.2, 0.25) is 0 Å². The summed E-state index contributed by atoms with van der Waals surface area (Å²) in [6.07, 6.45) is -0.797. The van der Waals surface area contributed by atoms with Crippen LogP contribution >= 0.6 is 0 Å². The molecule has 0 atom stereocenters. The quantitative estimate of drug-likeness (QED) is 0.821. The van der Waals surface area contributed by atoms with Crippen LogP contribution in [-0.4, -0.2) is 28.5 Å². The van der Waals surface area contributed by atoms with Gasteiger partial charge >= 0.3 is 13.1 Å². The van der Waals surface area contributed by atoms with Gasteiger partial charge in [-0.2, -0.15) is 4.68 Å². The van der Waals surface area contributed by atoms with Gasteiger partial charge in [-0.3, -0.25) is 0 Å².